The van der Waals surface area contributed by atoms with Gasteiger partial charge in [0.15, 0.2) is 5.96 Å². The highest BCUT2D eigenvalue weighted by atomic mass is 127. The van der Waals surface area contributed by atoms with Gasteiger partial charge in [0.25, 0.3) is 0 Å². The molecule has 2 aliphatic rings. The van der Waals surface area contributed by atoms with Gasteiger partial charge in [-0.1, -0.05) is 38.5 Å². The molecule has 1 saturated heterocycles. The SMILES string of the molecule is CN=C(NCC1(c2cccc(C(F)(F)F)c2)CCC1)NC1CCN(C(=O)C(C)C)C1.I. The molecule has 1 atom stereocenters. The van der Waals surface area contributed by atoms with E-state index in [4.69, 9.17) is 0 Å². The van der Waals surface area contributed by atoms with Gasteiger partial charge in [0.2, 0.25) is 5.91 Å². The van der Waals surface area contributed by atoms with E-state index in [0.29, 0.717) is 19.0 Å². The topological polar surface area (TPSA) is 56.7 Å². The van der Waals surface area contributed by atoms with Crippen LogP contribution in [0.4, 0.5) is 13.2 Å². The summed E-state index contributed by atoms with van der Waals surface area (Å²) in [6.45, 7) is 5.68. The Kier molecular flexibility index (Phi) is 8.63. The molecule has 0 aromatic heterocycles. The van der Waals surface area contributed by atoms with Crippen LogP contribution in [0.15, 0.2) is 29.3 Å². The van der Waals surface area contributed by atoms with Crippen LogP contribution >= 0.6 is 24.0 Å². The molecule has 1 saturated carbocycles. The van der Waals surface area contributed by atoms with E-state index in [2.05, 4.69) is 15.6 Å². The Morgan fingerprint density at radius 2 is 2.03 bits per heavy atom. The van der Waals surface area contributed by atoms with Gasteiger partial charge in [0.05, 0.1) is 5.56 Å². The van der Waals surface area contributed by atoms with Gasteiger partial charge in [0.1, 0.15) is 0 Å². The minimum absolute atomic E-state index is 0. The first-order chi connectivity index (χ1) is 14.1. The molecular weight excluding hydrogens is 520 g/mol. The molecule has 31 heavy (non-hydrogen) atoms. The number of guanidine groups is 1. The van der Waals surface area contributed by atoms with Gasteiger partial charge in [-0.05, 0) is 30.9 Å². The molecule has 1 aliphatic carbocycles. The number of benzene rings is 1. The van der Waals surface area contributed by atoms with Gasteiger partial charge in [-0.15, -0.1) is 24.0 Å². The van der Waals surface area contributed by atoms with Crippen molar-refractivity contribution in [3.63, 3.8) is 0 Å². The van der Waals surface area contributed by atoms with Gasteiger partial charge in [0, 0.05) is 44.1 Å². The summed E-state index contributed by atoms with van der Waals surface area (Å²) in [4.78, 5) is 18.3. The Balaban J connectivity index is 0.00000341. The third kappa shape index (κ3) is 6.04. The molecule has 0 radical (unpaired) electrons. The third-order valence-corrected chi connectivity index (χ3v) is 6.27. The predicted molar refractivity (Wildman–Crippen MR) is 127 cm³/mol. The van der Waals surface area contributed by atoms with Crippen molar-refractivity contribution in [1.82, 2.24) is 15.5 Å². The van der Waals surface area contributed by atoms with E-state index in [0.717, 1.165) is 43.9 Å². The molecule has 1 amide bonds. The Morgan fingerprint density at radius 3 is 2.58 bits per heavy atom. The van der Waals surface area contributed by atoms with Crippen LogP contribution in [-0.4, -0.2) is 49.5 Å². The number of amides is 1. The quantitative estimate of drug-likeness (QED) is 0.328. The van der Waals surface area contributed by atoms with Crippen LogP contribution in [0, 0.1) is 5.92 Å². The van der Waals surface area contributed by atoms with Crippen molar-refractivity contribution in [2.75, 3.05) is 26.7 Å². The Bertz CT molecular complexity index is 793. The predicted octanol–water partition coefficient (Wildman–Crippen LogP) is 4.17. The second-order valence-electron chi connectivity index (χ2n) is 8.71. The van der Waals surface area contributed by atoms with Crippen molar-refractivity contribution >= 4 is 35.8 Å². The van der Waals surface area contributed by atoms with Gasteiger partial charge < -0.3 is 15.5 Å². The average Bonchev–Trinajstić information content (AvgIpc) is 3.13. The van der Waals surface area contributed by atoms with E-state index in [9.17, 15) is 18.0 Å². The van der Waals surface area contributed by atoms with Gasteiger partial charge in [-0.3, -0.25) is 9.79 Å². The van der Waals surface area contributed by atoms with Crippen molar-refractivity contribution < 1.29 is 18.0 Å². The van der Waals surface area contributed by atoms with Crippen molar-refractivity contribution in [2.45, 2.75) is 57.2 Å². The third-order valence-electron chi connectivity index (χ3n) is 6.27. The number of carbonyl (C=O) groups excluding carboxylic acids is 1. The summed E-state index contributed by atoms with van der Waals surface area (Å²) in [5, 5.41) is 6.68. The molecule has 1 unspecified atom stereocenters. The summed E-state index contributed by atoms with van der Waals surface area (Å²) >= 11 is 0. The summed E-state index contributed by atoms with van der Waals surface area (Å²) in [7, 11) is 1.68. The molecule has 2 N–H and O–H groups in total. The molecular formula is C22H32F3IN4O. The normalized spacial score (nSPS) is 20.8. The fraction of sp³-hybridized carbons (Fsp3) is 0.636. The zero-order valence-electron chi connectivity index (χ0n) is 18.3. The molecule has 1 aromatic carbocycles. The van der Waals surface area contributed by atoms with Crippen LogP contribution in [0.3, 0.4) is 0 Å². The maximum absolute atomic E-state index is 13.1. The first kappa shape index (κ1) is 25.7. The lowest BCUT2D eigenvalue weighted by molar-refractivity contribution is -0.137. The number of nitrogens with zero attached hydrogens (tertiary/aromatic N) is 2. The minimum atomic E-state index is -4.34. The lowest BCUT2D eigenvalue weighted by Crippen LogP contribution is -2.51. The summed E-state index contributed by atoms with van der Waals surface area (Å²) in [5.41, 5.74) is -0.190. The Labute approximate surface area is 199 Å². The van der Waals surface area contributed by atoms with E-state index in [-0.39, 0.29) is 47.3 Å². The molecule has 9 heteroatoms. The number of halogens is 4. The summed E-state index contributed by atoms with van der Waals surface area (Å²) in [5.74, 6) is 0.754. The fourth-order valence-electron chi connectivity index (χ4n) is 4.28. The molecule has 0 bridgehead atoms. The number of hydrogen-bond acceptors (Lipinski definition) is 2. The van der Waals surface area contributed by atoms with Gasteiger partial charge in [-0.25, -0.2) is 0 Å². The lowest BCUT2D eigenvalue weighted by Gasteiger charge is -2.43. The summed E-state index contributed by atoms with van der Waals surface area (Å²) < 4.78 is 39.4. The van der Waals surface area contributed by atoms with Gasteiger partial charge in [-0.2, -0.15) is 13.2 Å². The van der Waals surface area contributed by atoms with Crippen molar-refractivity contribution in [3.05, 3.63) is 35.4 Å². The number of hydrogen-bond donors (Lipinski definition) is 2. The molecule has 2 fully saturated rings. The first-order valence-corrected chi connectivity index (χ1v) is 10.6. The second-order valence-corrected chi connectivity index (χ2v) is 8.71. The van der Waals surface area contributed by atoms with Crippen LogP contribution in [0.25, 0.3) is 0 Å². The largest absolute Gasteiger partial charge is 0.416 e. The van der Waals surface area contributed by atoms with E-state index in [1.54, 1.807) is 13.1 Å². The average molecular weight is 552 g/mol. The van der Waals surface area contributed by atoms with Crippen molar-refractivity contribution in [1.29, 1.82) is 0 Å². The summed E-state index contributed by atoms with van der Waals surface area (Å²) in [6.07, 6.45) is -0.804. The maximum atomic E-state index is 13.1. The van der Waals surface area contributed by atoms with Gasteiger partial charge >= 0.3 is 6.18 Å². The van der Waals surface area contributed by atoms with Crippen molar-refractivity contribution in [3.8, 4) is 0 Å². The zero-order chi connectivity index (χ0) is 21.9. The second kappa shape index (κ2) is 10.4. The lowest BCUT2D eigenvalue weighted by atomic mass is 9.64. The minimum Gasteiger partial charge on any atom is -0.356 e. The first-order valence-electron chi connectivity index (χ1n) is 10.6. The number of alkyl halides is 3. The Hall–Kier alpha value is -1.52. The highest BCUT2D eigenvalue weighted by molar-refractivity contribution is 14.0. The van der Waals surface area contributed by atoms with Crippen LogP contribution in [0.5, 0.6) is 0 Å². The molecule has 1 aliphatic heterocycles. The van der Waals surface area contributed by atoms with E-state index >= 15 is 0 Å². The molecule has 174 valence electrons. The number of nitrogens with one attached hydrogen (secondary N) is 2. The maximum Gasteiger partial charge on any atom is 0.416 e. The number of aliphatic imine (C=N–C) groups is 1. The molecule has 1 heterocycles. The molecule has 1 aromatic rings. The number of carbonyl (C=O) groups is 1. The smallest absolute Gasteiger partial charge is 0.356 e. The monoisotopic (exact) mass is 552 g/mol. The van der Waals surface area contributed by atoms with Crippen molar-refractivity contribution in [2.24, 2.45) is 10.9 Å². The van der Waals surface area contributed by atoms with Crippen LogP contribution in [-0.2, 0) is 16.4 Å². The summed E-state index contributed by atoms with van der Waals surface area (Å²) in [6, 6.07) is 5.80. The Morgan fingerprint density at radius 1 is 1.32 bits per heavy atom. The van der Waals surface area contributed by atoms with Crippen LogP contribution < -0.4 is 10.6 Å². The standard InChI is InChI=1S/C22H31F3N4O.HI/c1-15(2)19(30)29-11-8-18(13-29)28-20(26-3)27-14-21(9-5-10-21)16-6-4-7-17(12-16)22(23,24)25;/h4,6-7,12,15,18H,5,8-11,13-14H2,1-3H3,(H2,26,27,28);1H. The van der Waals surface area contributed by atoms with Crippen LogP contribution in [0.2, 0.25) is 0 Å². The van der Waals surface area contributed by atoms with E-state index in [1.807, 2.05) is 18.7 Å². The molecule has 5 nitrogen and oxygen atoms in total. The van der Waals surface area contributed by atoms with E-state index < -0.39 is 11.7 Å². The highest BCUT2D eigenvalue weighted by Crippen LogP contribution is 2.44. The number of likely N-dealkylation sites (tertiary alicyclic amines) is 1. The van der Waals surface area contributed by atoms with E-state index in [1.165, 1.54) is 12.1 Å². The number of rotatable bonds is 5. The fourth-order valence-corrected chi connectivity index (χ4v) is 4.28. The molecule has 0 spiro atoms. The van der Waals surface area contributed by atoms with Crippen LogP contribution in [0.1, 0.15) is 50.7 Å². The molecule has 3 rings (SSSR count). The zero-order valence-corrected chi connectivity index (χ0v) is 20.6. The highest BCUT2D eigenvalue weighted by Gasteiger charge is 2.40.